The van der Waals surface area contributed by atoms with E-state index in [9.17, 15) is 12.8 Å². The summed E-state index contributed by atoms with van der Waals surface area (Å²) in [5.41, 5.74) is 0.201. The van der Waals surface area contributed by atoms with Crippen molar-refractivity contribution in [2.75, 3.05) is 37.4 Å². The number of halogens is 1. The molecule has 0 aliphatic carbocycles. The van der Waals surface area contributed by atoms with Gasteiger partial charge in [-0.3, -0.25) is 4.72 Å². The summed E-state index contributed by atoms with van der Waals surface area (Å²) in [6.07, 6.45) is 0. The van der Waals surface area contributed by atoms with Gasteiger partial charge in [-0.1, -0.05) is 6.07 Å². The van der Waals surface area contributed by atoms with Crippen LogP contribution < -0.4 is 4.72 Å². The van der Waals surface area contributed by atoms with Gasteiger partial charge in [0.15, 0.2) is 0 Å². The Hall–Kier alpha value is -1.18. The third kappa shape index (κ3) is 5.95. The van der Waals surface area contributed by atoms with Gasteiger partial charge in [-0.15, -0.1) is 0 Å². The summed E-state index contributed by atoms with van der Waals surface area (Å²) in [5.74, 6) is -0.681. The number of methoxy groups -OCH3 is 1. The fourth-order valence-corrected chi connectivity index (χ4v) is 2.12. The lowest BCUT2D eigenvalue weighted by Crippen LogP contribution is -2.21. The van der Waals surface area contributed by atoms with E-state index >= 15 is 0 Å². The van der Waals surface area contributed by atoms with Gasteiger partial charge in [-0.05, 0) is 18.2 Å². The van der Waals surface area contributed by atoms with Crippen molar-refractivity contribution >= 4 is 15.7 Å². The molecule has 0 aromatic heterocycles. The van der Waals surface area contributed by atoms with Crippen LogP contribution in [0.25, 0.3) is 0 Å². The molecular weight excluding hydrogens is 261 g/mol. The molecule has 1 rings (SSSR count). The van der Waals surface area contributed by atoms with E-state index in [0.29, 0.717) is 13.2 Å². The van der Waals surface area contributed by atoms with E-state index in [-0.39, 0.29) is 18.0 Å². The summed E-state index contributed by atoms with van der Waals surface area (Å²) < 4.78 is 48.1. The van der Waals surface area contributed by atoms with Crippen LogP contribution in [0.5, 0.6) is 0 Å². The summed E-state index contributed by atoms with van der Waals surface area (Å²) in [5, 5.41) is 0. The van der Waals surface area contributed by atoms with E-state index in [0.717, 1.165) is 6.07 Å². The molecule has 1 aromatic rings. The minimum absolute atomic E-state index is 0.0635. The molecular formula is C11H16FNO4S. The second-order valence-electron chi connectivity index (χ2n) is 3.54. The highest BCUT2D eigenvalue weighted by molar-refractivity contribution is 7.92. The molecule has 18 heavy (non-hydrogen) atoms. The number of hydrogen-bond donors (Lipinski definition) is 1. The van der Waals surface area contributed by atoms with Crippen molar-refractivity contribution in [1.29, 1.82) is 0 Å². The molecule has 0 aliphatic heterocycles. The number of anilines is 1. The monoisotopic (exact) mass is 277 g/mol. The fourth-order valence-electron chi connectivity index (χ4n) is 1.20. The van der Waals surface area contributed by atoms with E-state index in [1.54, 1.807) is 0 Å². The first-order valence-electron chi connectivity index (χ1n) is 5.36. The van der Waals surface area contributed by atoms with Crippen molar-refractivity contribution in [3.8, 4) is 0 Å². The lowest BCUT2D eigenvalue weighted by molar-refractivity contribution is 0.0785. The van der Waals surface area contributed by atoms with E-state index in [1.165, 1.54) is 25.3 Å². The molecule has 1 aromatic carbocycles. The third-order valence-electron chi connectivity index (χ3n) is 2.03. The van der Waals surface area contributed by atoms with Gasteiger partial charge in [-0.2, -0.15) is 0 Å². The molecule has 102 valence electrons. The first-order chi connectivity index (χ1) is 8.53. The van der Waals surface area contributed by atoms with Crippen LogP contribution in [-0.4, -0.2) is 41.1 Å². The van der Waals surface area contributed by atoms with Gasteiger partial charge in [0.25, 0.3) is 0 Å². The van der Waals surface area contributed by atoms with Crippen molar-refractivity contribution in [1.82, 2.24) is 0 Å². The SMILES string of the molecule is COCCOCCS(=O)(=O)Nc1cccc(F)c1. The number of benzene rings is 1. The van der Waals surface area contributed by atoms with Crippen molar-refractivity contribution < 1.29 is 22.3 Å². The molecule has 0 unspecified atom stereocenters. The van der Waals surface area contributed by atoms with Gasteiger partial charge in [0, 0.05) is 7.11 Å². The predicted molar refractivity (Wildman–Crippen MR) is 66.5 cm³/mol. The molecule has 0 spiro atoms. The average Bonchev–Trinajstić information content (AvgIpc) is 2.28. The van der Waals surface area contributed by atoms with Crippen LogP contribution >= 0.6 is 0 Å². The zero-order valence-electron chi connectivity index (χ0n) is 10.1. The minimum Gasteiger partial charge on any atom is -0.382 e. The molecule has 0 bridgehead atoms. The number of hydrogen-bond acceptors (Lipinski definition) is 4. The summed E-state index contributed by atoms with van der Waals surface area (Å²) in [7, 11) is -1.99. The Morgan fingerprint density at radius 3 is 2.72 bits per heavy atom. The summed E-state index contributed by atoms with van der Waals surface area (Å²) in [4.78, 5) is 0. The number of rotatable bonds is 8. The summed E-state index contributed by atoms with van der Waals surface area (Å²) in [6, 6.07) is 5.27. The molecule has 0 amide bonds. The Morgan fingerprint density at radius 1 is 1.28 bits per heavy atom. The van der Waals surface area contributed by atoms with Crippen LogP contribution in [0.3, 0.4) is 0 Å². The van der Waals surface area contributed by atoms with Crippen LogP contribution in [0.1, 0.15) is 0 Å². The number of nitrogens with one attached hydrogen (secondary N) is 1. The first kappa shape index (κ1) is 14.9. The largest absolute Gasteiger partial charge is 0.382 e. The fraction of sp³-hybridized carbons (Fsp3) is 0.455. The zero-order chi connectivity index (χ0) is 13.4. The molecule has 7 heteroatoms. The van der Waals surface area contributed by atoms with Crippen molar-refractivity contribution in [3.63, 3.8) is 0 Å². The molecule has 0 saturated carbocycles. The lowest BCUT2D eigenvalue weighted by Gasteiger charge is -2.08. The summed E-state index contributed by atoms with van der Waals surface area (Å²) in [6.45, 7) is 0.817. The molecule has 0 aliphatic rings. The molecule has 0 fully saturated rings. The van der Waals surface area contributed by atoms with Gasteiger partial charge in [0.1, 0.15) is 5.82 Å². The third-order valence-corrected chi connectivity index (χ3v) is 3.28. The molecule has 0 heterocycles. The van der Waals surface area contributed by atoms with E-state index < -0.39 is 15.8 Å². The highest BCUT2D eigenvalue weighted by Crippen LogP contribution is 2.11. The Balaban J connectivity index is 2.40. The second-order valence-corrected chi connectivity index (χ2v) is 5.38. The molecule has 1 N–H and O–H groups in total. The van der Waals surface area contributed by atoms with Gasteiger partial charge < -0.3 is 9.47 Å². The van der Waals surface area contributed by atoms with E-state index in [4.69, 9.17) is 9.47 Å². The summed E-state index contributed by atoms with van der Waals surface area (Å²) >= 11 is 0. The zero-order valence-corrected chi connectivity index (χ0v) is 10.9. The van der Waals surface area contributed by atoms with E-state index in [1.807, 2.05) is 0 Å². The Bertz CT molecular complexity index is 464. The molecule has 0 atom stereocenters. The number of sulfonamides is 1. The van der Waals surface area contributed by atoms with Crippen LogP contribution in [0.15, 0.2) is 24.3 Å². The predicted octanol–water partition coefficient (Wildman–Crippen LogP) is 1.23. The van der Waals surface area contributed by atoms with Gasteiger partial charge in [-0.25, -0.2) is 12.8 Å². The van der Waals surface area contributed by atoms with Crippen LogP contribution in [0.2, 0.25) is 0 Å². The lowest BCUT2D eigenvalue weighted by atomic mass is 10.3. The topological polar surface area (TPSA) is 64.6 Å². The second kappa shape index (κ2) is 7.30. The Labute approximate surface area is 106 Å². The minimum atomic E-state index is -3.52. The molecule has 0 saturated heterocycles. The highest BCUT2D eigenvalue weighted by atomic mass is 32.2. The highest BCUT2D eigenvalue weighted by Gasteiger charge is 2.10. The first-order valence-corrected chi connectivity index (χ1v) is 7.01. The quantitative estimate of drug-likeness (QED) is 0.726. The van der Waals surface area contributed by atoms with Crippen LogP contribution in [0.4, 0.5) is 10.1 Å². The normalized spacial score (nSPS) is 11.4. The molecule has 0 radical (unpaired) electrons. The average molecular weight is 277 g/mol. The van der Waals surface area contributed by atoms with Crippen LogP contribution in [-0.2, 0) is 19.5 Å². The van der Waals surface area contributed by atoms with Crippen molar-refractivity contribution in [3.05, 3.63) is 30.1 Å². The van der Waals surface area contributed by atoms with Crippen molar-refractivity contribution in [2.45, 2.75) is 0 Å². The smallest absolute Gasteiger partial charge is 0.235 e. The van der Waals surface area contributed by atoms with Gasteiger partial charge >= 0.3 is 0 Å². The molecule has 5 nitrogen and oxygen atoms in total. The maximum atomic E-state index is 12.9. The standard InChI is InChI=1S/C11H16FNO4S/c1-16-5-6-17-7-8-18(14,15)13-11-4-2-3-10(12)9-11/h2-4,9,13H,5-8H2,1H3. The van der Waals surface area contributed by atoms with Crippen LogP contribution in [0, 0.1) is 5.82 Å². The maximum absolute atomic E-state index is 12.9. The maximum Gasteiger partial charge on any atom is 0.235 e. The van der Waals surface area contributed by atoms with Gasteiger partial charge in [0.05, 0.1) is 31.3 Å². The Kier molecular flexibility index (Phi) is 6.03. The number of ether oxygens (including phenoxy) is 2. The van der Waals surface area contributed by atoms with E-state index in [2.05, 4.69) is 4.72 Å². The van der Waals surface area contributed by atoms with Gasteiger partial charge in [0.2, 0.25) is 10.0 Å². The van der Waals surface area contributed by atoms with Crippen molar-refractivity contribution in [2.24, 2.45) is 0 Å². The Morgan fingerprint density at radius 2 is 2.06 bits per heavy atom.